The van der Waals surface area contributed by atoms with E-state index < -0.39 is 11.7 Å². The molecule has 0 unspecified atom stereocenters. The molecular formula is C22H26FN3O2. The van der Waals surface area contributed by atoms with Gasteiger partial charge in [0.15, 0.2) is 0 Å². The molecule has 0 aliphatic carbocycles. The third-order valence-corrected chi connectivity index (χ3v) is 5.02. The fourth-order valence-electron chi connectivity index (χ4n) is 3.27. The van der Waals surface area contributed by atoms with Gasteiger partial charge in [-0.2, -0.15) is 0 Å². The van der Waals surface area contributed by atoms with E-state index in [9.17, 15) is 14.0 Å². The zero-order valence-corrected chi connectivity index (χ0v) is 16.3. The van der Waals surface area contributed by atoms with Gasteiger partial charge in [-0.25, -0.2) is 4.39 Å². The number of hydrogen-bond acceptors (Lipinski definition) is 3. The lowest BCUT2D eigenvalue weighted by molar-refractivity contribution is 0.0938. The topological polar surface area (TPSA) is 61.4 Å². The van der Waals surface area contributed by atoms with Crippen molar-refractivity contribution < 1.29 is 14.0 Å². The van der Waals surface area contributed by atoms with Crippen molar-refractivity contribution >= 4 is 23.2 Å². The molecule has 1 aliphatic rings. The first kappa shape index (κ1) is 19.9. The van der Waals surface area contributed by atoms with E-state index in [1.807, 2.05) is 19.9 Å². The minimum Gasteiger partial charge on any atom is -0.371 e. The molecule has 1 fully saturated rings. The van der Waals surface area contributed by atoms with Gasteiger partial charge in [0.2, 0.25) is 0 Å². The average molecular weight is 383 g/mol. The Morgan fingerprint density at radius 2 is 1.86 bits per heavy atom. The molecule has 148 valence electrons. The lowest BCUT2D eigenvalue weighted by Crippen LogP contribution is -2.33. The first-order valence-electron chi connectivity index (χ1n) is 9.74. The Labute approximate surface area is 164 Å². The van der Waals surface area contributed by atoms with Crippen LogP contribution >= 0.6 is 0 Å². The van der Waals surface area contributed by atoms with Crippen LogP contribution in [0.1, 0.15) is 53.8 Å². The van der Waals surface area contributed by atoms with E-state index in [1.165, 1.54) is 18.2 Å². The Hall–Kier alpha value is -2.89. The molecular weight excluding hydrogens is 357 g/mol. The van der Waals surface area contributed by atoms with Crippen LogP contribution in [0.3, 0.4) is 0 Å². The number of halogens is 1. The summed E-state index contributed by atoms with van der Waals surface area (Å²) in [6.07, 6.45) is 3.04. The van der Waals surface area contributed by atoms with Gasteiger partial charge in [0.25, 0.3) is 11.8 Å². The van der Waals surface area contributed by atoms with Crippen LogP contribution in [-0.4, -0.2) is 30.9 Å². The number of rotatable bonds is 6. The fourth-order valence-corrected chi connectivity index (χ4v) is 3.27. The van der Waals surface area contributed by atoms with E-state index in [1.54, 1.807) is 18.2 Å². The number of hydrogen-bond donors (Lipinski definition) is 2. The molecule has 0 bridgehead atoms. The highest BCUT2D eigenvalue weighted by molar-refractivity contribution is 6.06. The molecule has 2 N–H and O–H groups in total. The Bertz CT molecular complexity index is 863. The summed E-state index contributed by atoms with van der Waals surface area (Å²) in [5, 5.41) is 5.76. The van der Waals surface area contributed by atoms with E-state index in [0.717, 1.165) is 38.0 Å². The molecule has 1 atom stereocenters. The summed E-state index contributed by atoms with van der Waals surface area (Å²) in [6, 6.07) is 10.9. The highest BCUT2D eigenvalue weighted by Gasteiger charge is 2.21. The Balaban J connectivity index is 1.87. The molecule has 3 rings (SSSR count). The van der Waals surface area contributed by atoms with E-state index in [2.05, 4.69) is 15.5 Å². The third-order valence-electron chi connectivity index (χ3n) is 5.02. The summed E-state index contributed by atoms with van der Waals surface area (Å²) < 4.78 is 13.4. The second-order valence-electron chi connectivity index (χ2n) is 7.17. The van der Waals surface area contributed by atoms with Gasteiger partial charge < -0.3 is 15.5 Å². The monoisotopic (exact) mass is 383 g/mol. The molecule has 0 spiro atoms. The Morgan fingerprint density at radius 1 is 1.11 bits per heavy atom. The minimum atomic E-state index is -0.467. The first-order chi connectivity index (χ1) is 13.5. The summed E-state index contributed by atoms with van der Waals surface area (Å²) >= 11 is 0. The number of nitrogens with zero attached hydrogens (tertiary/aromatic N) is 1. The maximum Gasteiger partial charge on any atom is 0.255 e. The minimum absolute atomic E-state index is 0.0597. The summed E-state index contributed by atoms with van der Waals surface area (Å²) in [6.45, 7) is 5.81. The van der Waals surface area contributed by atoms with Crippen LogP contribution in [0.5, 0.6) is 0 Å². The summed E-state index contributed by atoms with van der Waals surface area (Å²) in [7, 11) is 0. The van der Waals surface area contributed by atoms with E-state index >= 15 is 0 Å². The summed E-state index contributed by atoms with van der Waals surface area (Å²) in [5.41, 5.74) is 2.15. The third kappa shape index (κ3) is 4.68. The molecule has 2 aromatic rings. The van der Waals surface area contributed by atoms with Crippen molar-refractivity contribution in [2.75, 3.05) is 23.3 Å². The van der Waals surface area contributed by atoms with Crippen LogP contribution in [0.4, 0.5) is 15.8 Å². The van der Waals surface area contributed by atoms with Gasteiger partial charge in [0, 0.05) is 36.1 Å². The molecule has 0 radical (unpaired) electrons. The van der Waals surface area contributed by atoms with Gasteiger partial charge in [-0.1, -0.05) is 13.0 Å². The maximum atomic E-state index is 13.4. The average Bonchev–Trinajstić information content (AvgIpc) is 3.22. The number of benzene rings is 2. The second-order valence-corrected chi connectivity index (χ2v) is 7.17. The zero-order valence-electron chi connectivity index (χ0n) is 16.3. The van der Waals surface area contributed by atoms with E-state index in [0.29, 0.717) is 11.3 Å². The zero-order chi connectivity index (χ0) is 20.1. The number of anilines is 2. The molecule has 1 aliphatic heterocycles. The summed E-state index contributed by atoms with van der Waals surface area (Å²) in [4.78, 5) is 27.5. The molecule has 5 nitrogen and oxygen atoms in total. The normalized spacial score (nSPS) is 14.6. The van der Waals surface area contributed by atoms with Gasteiger partial charge in [-0.3, -0.25) is 9.59 Å². The quantitative estimate of drug-likeness (QED) is 0.786. The predicted molar refractivity (Wildman–Crippen MR) is 109 cm³/mol. The van der Waals surface area contributed by atoms with Crippen molar-refractivity contribution in [3.63, 3.8) is 0 Å². The number of amides is 2. The molecule has 28 heavy (non-hydrogen) atoms. The molecule has 6 heteroatoms. The number of carbonyl (C=O) groups excluding carboxylic acids is 2. The summed E-state index contributed by atoms with van der Waals surface area (Å²) in [5.74, 6) is -1.04. The van der Waals surface area contributed by atoms with Crippen LogP contribution in [0, 0.1) is 5.82 Å². The lowest BCUT2D eigenvalue weighted by atomic mass is 10.1. The van der Waals surface area contributed by atoms with Gasteiger partial charge >= 0.3 is 0 Å². The van der Waals surface area contributed by atoms with Crippen LogP contribution in [0.25, 0.3) is 0 Å². The molecule has 0 aromatic heterocycles. The first-order valence-corrected chi connectivity index (χ1v) is 9.74. The molecule has 2 amide bonds. The predicted octanol–water partition coefficient (Wildman–Crippen LogP) is 4.21. The molecule has 1 saturated heterocycles. The van der Waals surface area contributed by atoms with Crippen LogP contribution in [0.2, 0.25) is 0 Å². The lowest BCUT2D eigenvalue weighted by Gasteiger charge is -2.23. The van der Waals surface area contributed by atoms with Crippen LogP contribution in [0.15, 0.2) is 42.5 Å². The van der Waals surface area contributed by atoms with Crippen molar-refractivity contribution in [1.29, 1.82) is 0 Å². The molecule has 0 saturated carbocycles. The van der Waals surface area contributed by atoms with Gasteiger partial charge in [0.1, 0.15) is 5.82 Å². The van der Waals surface area contributed by atoms with Crippen molar-refractivity contribution in [3.05, 3.63) is 59.4 Å². The SMILES string of the molecule is CC[C@@H](C)NC(=O)c1cc(NC(=O)c2cccc(F)c2)ccc1N1CCCC1. The fraction of sp³-hybridized carbons (Fsp3) is 0.364. The van der Waals surface area contributed by atoms with Gasteiger partial charge in [0.05, 0.1) is 5.56 Å². The number of nitrogens with one attached hydrogen (secondary N) is 2. The highest BCUT2D eigenvalue weighted by atomic mass is 19.1. The largest absolute Gasteiger partial charge is 0.371 e. The smallest absolute Gasteiger partial charge is 0.255 e. The van der Waals surface area contributed by atoms with E-state index in [4.69, 9.17) is 0 Å². The standard InChI is InChI=1S/C22H26FN3O2/c1-3-15(2)24-22(28)19-14-18(9-10-20(19)26-11-4-5-12-26)25-21(27)16-7-6-8-17(23)13-16/h6-10,13-15H,3-5,11-12H2,1-2H3,(H,24,28)(H,25,27)/t15-/m1/s1. The van der Waals surface area contributed by atoms with Gasteiger partial charge in [-0.15, -0.1) is 0 Å². The molecule has 2 aromatic carbocycles. The number of carbonyl (C=O) groups is 2. The van der Waals surface area contributed by atoms with Crippen molar-refractivity contribution in [1.82, 2.24) is 5.32 Å². The molecule has 1 heterocycles. The van der Waals surface area contributed by atoms with E-state index in [-0.39, 0.29) is 17.5 Å². The second kappa shape index (κ2) is 8.87. The Kier molecular flexibility index (Phi) is 6.29. The van der Waals surface area contributed by atoms with Crippen molar-refractivity contribution in [2.45, 2.75) is 39.2 Å². The maximum absolute atomic E-state index is 13.4. The highest BCUT2D eigenvalue weighted by Crippen LogP contribution is 2.28. The van der Waals surface area contributed by atoms with Crippen LogP contribution in [-0.2, 0) is 0 Å². The van der Waals surface area contributed by atoms with Crippen molar-refractivity contribution in [3.8, 4) is 0 Å². The Morgan fingerprint density at radius 3 is 2.54 bits per heavy atom. The van der Waals surface area contributed by atoms with Crippen LogP contribution < -0.4 is 15.5 Å². The van der Waals surface area contributed by atoms with Gasteiger partial charge in [-0.05, 0) is 62.6 Å². The van der Waals surface area contributed by atoms with Crippen molar-refractivity contribution in [2.24, 2.45) is 0 Å².